The summed E-state index contributed by atoms with van der Waals surface area (Å²) < 4.78 is 13.8. The number of pyridine rings is 1. The molecule has 66 valence electrons. The Hall–Kier alpha value is -1.71. The lowest BCUT2D eigenvalue weighted by molar-refractivity contribution is 0.473. The third kappa shape index (κ3) is 1.56. The number of nitrogens with zero attached hydrogens (tertiary/aromatic N) is 3. The Morgan fingerprint density at radius 1 is 1.38 bits per heavy atom. The molecule has 0 aromatic carbocycles. The molecule has 2 rings (SSSR count). The molecule has 0 saturated carbocycles. The SMILES string of the molecule is FCc1ccn(-c2cccnc2)n1. The Morgan fingerprint density at radius 3 is 2.92 bits per heavy atom. The summed E-state index contributed by atoms with van der Waals surface area (Å²) in [6, 6.07) is 5.32. The number of halogens is 1. The van der Waals surface area contributed by atoms with Crippen LogP contribution in [0.25, 0.3) is 5.69 Å². The second-order valence-electron chi connectivity index (χ2n) is 2.60. The highest BCUT2D eigenvalue weighted by Gasteiger charge is 1.99. The van der Waals surface area contributed by atoms with Gasteiger partial charge in [-0.15, -0.1) is 0 Å². The van der Waals surface area contributed by atoms with Crippen LogP contribution in [0.4, 0.5) is 4.39 Å². The van der Waals surface area contributed by atoms with Crippen LogP contribution in [0.2, 0.25) is 0 Å². The van der Waals surface area contributed by atoms with Crippen molar-refractivity contribution >= 4 is 0 Å². The molecule has 4 heteroatoms. The van der Waals surface area contributed by atoms with Crippen molar-refractivity contribution in [1.82, 2.24) is 14.8 Å². The highest BCUT2D eigenvalue weighted by Crippen LogP contribution is 2.05. The van der Waals surface area contributed by atoms with E-state index in [0.29, 0.717) is 5.69 Å². The molecule has 0 bridgehead atoms. The minimum Gasteiger partial charge on any atom is -0.262 e. The number of hydrogen-bond donors (Lipinski definition) is 0. The van der Waals surface area contributed by atoms with E-state index in [1.54, 1.807) is 29.3 Å². The molecular formula is C9H8FN3. The maximum atomic E-state index is 12.2. The second-order valence-corrected chi connectivity index (χ2v) is 2.60. The predicted molar refractivity (Wildman–Crippen MR) is 46.2 cm³/mol. The number of alkyl halides is 1. The normalized spacial score (nSPS) is 10.2. The van der Waals surface area contributed by atoms with Gasteiger partial charge in [0.25, 0.3) is 0 Å². The number of aromatic nitrogens is 3. The molecule has 13 heavy (non-hydrogen) atoms. The summed E-state index contributed by atoms with van der Waals surface area (Å²) in [7, 11) is 0. The molecule has 0 fully saturated rings. The Balaban J connectivity index is 2.36. The van der Waals surface area contributed by atoms with Crippen LogP contribution >= 0.6 is 0 Å². The summed E-state index contributed by atoms with van der Waals surface area (Å²) in [5.74, 6) is 0. The van der Waals surface area contributed by atoms with E-state index < -0.39 is 6.67 Å². The van der Waals surface area contributed by atoms with Gasteiger partial charge in [0.2, 0.25) is 0 Å². The van der Waals surface area contributed by atoms with Crippen LogP contribution in [0.15, 0.2) is 36.8 Å². The number of rotatable bonds is 2. The maximum absolute atomic E-state index is 12.2. The average molecular weight is 177 g/mol. The van der Waals surface area contributed by atoms with Gasteiger partial charge in [0, 0.05) is 12.4 Å². The molecule has 0 aliphatic rings. The molecule has 0 radical (unpaired) electrons. The van der Waals surface area contributed by atoms with E-state index in [0.717, 1.165) is 5.69 Å². The molecule has 2 heterocycles. The van der Waals surface area contributed by atoms with Gasteiger partial charge in [0.15, 0.2) is 0 Å². The minimum absolute atomic E-state index is 0.434. The van der Waals surface area contributed by atoms with Crippen molar-refractivity contribution in [3.8, 4) is 5.69 Å². The second kappa shape index (κ2) is 3.35. The molecule has 2 aromatic heterocycles. The molecule has 0 spiro atoms. The van der Waals surface area contributed by atoms with Gasteiger partial charge in [-0.3, -0.25) is 4.98 Å². The van der Waals surface area contributed by atoms with Crippen molar-refractivity contribution in [3.05, 3.63) is 42.5 Å². The lowest BCUT2D eigenvalue weighted by Crippen LogP contribution is -1.95. The Kier molecular flexibility index (Phi) is 2.04. The van der Waals surface area contributed by atoms with Gasteiger partial charge >= 0.3 is 0 Å². The zero-order chi connectivity index (χ0) is 9.10. The van der Waals surface area contributed by atoms with Crippen molar-refractivity contribution in [3.63, 3.8) is 0 Å². The smallest absolute Gasteiger partial charge is 0.133 e. The molecule has 0 aliphatic heterocycles. The van der Waals surface area contributed by atoms with Crippen LogP contribution in [0.1, 0.15) is 5.69 Å². The lowest BCUT2D eigenvalue weighted by atomic mass is 10.4. The lowest BCUT2D eigenvalue weighted by Gasteiger charge is -1.97. The summed E-state index contributed by atoms with van der Waals surface area (Å²) in [4.78, 5) is 3.94. The molecule has 3 nitrogen and oxygen atoms in total. The topological polar surface area (TPSA) is 30.7 Å². The van der Waals surface area contributed by atoms with Crippen LogP contribution in [0, 0.1) is 0 Å². The standard InChI is InChI=1S/C9H8FN3/c10-6-8-3-5-13(12-8)9-2-1-4-11-7-9/h1-5,7H,6H2. The Morgan fingerprint density at radius 2 is 2.31 bits per heavy atom. The Bertz CT molecular complexity index is 383. The van der Waals surface area contributed by atoms with E-state index in [2.05, 4.69) is 10.1 Å². The van der Waals surface area contributed by atoms with Gasteiger partial charge in [-0.1, -0.05) is 0 Å². The molecule has 0 atom stereocenters. The Labute approximate surface area is 74.8 Å². The average Bonchev–Trinajstić information content (AvgIpc) is 2.67. The first-order chi connectivity index (χ1) is 6.40. The van der Waals surface area contributed by atoms with E-state index in [4.69, 9.17) is 0 Å². The summed E-state index contributed by atoms with van der Waals surface area (Å²) in [5, 5.41) is 4.00. The quantitative estimate of drug-likeness (QED) is 0.699. The van der Waals surface area contributed by atoms with Gasteiger partial charge in [-0.05, 0) is 18.2 Å². The molecular weight excluding hydrogens is 169 g/mol. The number of hydrogen-bond acceptors (Lipinski definition) is 2. The van der Waals surface area contributed by atoms with E-state index in [-0.39, 0.29) is 0 Å². The van der Waals surface area contributed by atoms with Crippen molar-refractivity contribution in [1.29, 1.82) is 0 Å². The van der Waals surface area contributed by atoms with E-state index in [1.165, 1.54) is 0 Å². The maximum Gasteiger partial charge on any atom is 0.133 e. The first-order valence-corrected chi connectivity index (χ1v) is 3.91. The largest absolute Gasteiger partial charge is 0.262 e. The van der Waals surface area contributed by atoms with Crippen LogP contribution in [0.3, 0.4) is 0 Å². The molecule has 0 unspecified atom stereocenters. The first-order valence-electron chi connectivity index (χ1n) is 3.91. The third-order valence-corrected chi connectivity index (χ3v) is 1.69. The van der Waals surface area contributed by atoms with Gasteiger partial charge in [0.05, 0.1) is 17.6 Å². The molecule has 0 saturated heterocycles. The van der Waals surface area contributed by atoms with Gasteiger partial charge in [-0.2, -0.15) is 5.10 Å². The fourth-order valence-electron chi connectivity index (χ4n) is 1.07. The summed E-state index contributed by atoms with van der Waals surface area (Å²) in [5.41, 5.74) is 1.27. The molecule has 0 N–H and O–H groups in total. The highest BCUT2D eigenvalue weighted by molar-refractivity contribution is 5.26. The summed E-state index contributed by atoms with van der Waals surface area (Å²) in [6.07, 6.45) is 5.07. The monoisotopic (exact) mass is 177 g/mol. The predicted octanol–water partition coefficient (Wildman–Crippen LogP) is 1.74. The molecule has 0 amide bonds. The zero-order valence-electron chi connectivity index (χ0n) is 6.89. The van der Waals surface area contributed by atoms with Crippen LogP contribution in [0.5, 0.6) is 0 Å². The van der Waals surface area contributed by atoms with Gasteiger partial charge in [0.1, 0.15) is 6.67 Å². The summed E-state index contributed by atoms with van der Waals surface area (Å²) >= 11 is 0. The van der Waals surface area contributed by atoms with Crippen LogP contribution in [-0.2, 0) is 6.67 Å². The fraction of sp³-hybridized carbons (Fsp3) is 0.111. The minimum atomic E-state index is -0.534. The van der Waals surface area contributed by atoms with Gasteiger partial charge < -0.3 is 0 Å². The van der Waals surface area contributed by atoms with Gasteiger partial charge in [-0.25, -0.2) is 9.07 Å². The third-order valence-electron chi connectivity index (χ3n) is 1.69. The van der Waals surface area contributed by atoms with Crippen molar-refractivity contribution in [2.75, 3.05) is 0 Å². The van der Waals surface area contributed by atoms with Crippen molar-refractivity contribution in [2.24, 2.45) is 0 Å². The van der Waals surface area contributed by atoms with Crippen LogP contribution in [-0.4, -0.2) is 14.8 Å². The van der Waals surface area contributed by atoms with E-state index >= 15 is 0 Å². The van der Waals surface area contributed by atoms with Crippen LogP contribution < -0.4 is 0 Å². The molecule has 0 aliphatic carbocycles. The van der Waals surface area contributed by atoms with E-state index in [9.17, 15) is 4.39 Å². The van der Waals surface area contributed by atoms with Crippen molar-refractivity contribution < 1.29 is 4.39 Å². The molecule has 2 aromatic rings. The first kappa shape index (κ1) is 7.91. The fourth-order valence-corrected chi connectivity index (χ4v) is 1.07. The van der Waals surface area contributed by atoms with E-state index in [1.807, 2.05) is 12.1 Å². The highest BCUT2D eigenvalue weighted by atomic mass is 19.1. The van der Waals surface area contributed by atoms with Crippen molar-refractivity contribution in [2.45, 2.75) is 6.67 Å². The zero-order valence-corrected chi connectivity index (χ0v) is 6.89. The summed E-state index contributed by atoms with van der Waals surface area (Å²) in [6.45, 7) is -0.534.